The minimum Gasteiger partial charge on any atom is -0.414 e. The van der Waals surface area contributed by atoms with Crippen molar-refractivity contribution in [1.82, 2.24) is 15.1 Å². The van der Waals surface area contributed by atoms with Crippen LogP contribution in [0, 0.1) is 6.92 Å². The van der Waals surface area contributed by atoms with Gasteiger partial charge in [0.25, 0.3) is 5.22 Å². The van der Waals surface area contributed by atoms with E-state index < -0.39 is 0 Å². The number of anilines is 1. The molecule has 0 saturated carbocycles. The van der Waals surface area contributed by atoms with Crippen molar-refractivity contribution in [2.45, 2.75) is 31.5 Å². The molecule has 9 heteroatoms. The number of hydrogen-bond donors (Lipinski definition) is 1. The van der Waals surface area contributed by atoms with Crippen LogP contribution in [0.5, 0.6) is 0 Å². The normalized spacial score (nSPS) is 14.2. The van der Waals surface area contributed by atoms with Crippen molar-refractivity contribution in [2.24, 2.45) is 0 Å². The van der Waals surface area contributed by atoms with E-state index in [1.807, 2.05) is 25.1 Å². The Hall–Kier alpha value is -1.87. The summed E-state index contributed by atoms with van der Waals surface area (Å²) in [5, 5.41) is 11.0. The summed E-state index contributed by atoms with van der Waals surface area (Å²) in [6.45, 7) is 2.98. The zero-order chi connectivity index (χ0) is 17.8. The quantitative estimate of drug-likeness (QED) is 0.716. The molecule has 7 nitrogen and oxygen atoms in total. The molecular formula is C16H17BrN4O3S. The highest BCUT2D eigenvalue weighted by Gasteiger charge is 2.22. The minimum atomic E-state index is -0.148. The predicted octanol–water partition coefficient (Wildman–Crippen LogP) is 2.99. The maximum absolute atomic E-state index is 12.1. The van der Waals surface area contributed by atoms with Gasteiger partial charge in [-0.25, -0.2) is 0 Å². The molecule has 0 atom stereocenters. The molecule has 1 fully saturated rings. The molecule has 2 aromatic rings. The van der Waals surface area contributed by atoms with E-state index in [1.54, 1.807) is 4.90 Å². The van der Waals surface area contributed by atoms with E-state index in [0.29, 0.717) is 24.1 Å². The Kier molecular flexibility index (Phi) is 5.74. The largest absolute Gasteiger partial charge is 0.414 e. The van der Waals surface area contributed by atoms with Gasteiger partial charge in [-0.2, -0.15) is 0 Å². The topological polar surface area (TPSA) is 88.3 Å². The van der Waals surface area contributed by atoms with E-state index in [-0.39, 0.29) is 17.6 Å². The fourth-order valence-corrected chi connectivity index (χ4v) is 3.53. The van der Waals surface area contributed by atoms with E-state index in [4.69, 9.17) is 4.42 Å². The van der Waals surface area contributed by atoms with Crippen molar-refractivity contribution in [1.29, 1.82) is 0 Å². The third-order valence-corrected chi connectivity index (χ3v) is 5.05. The number of amides is 2. The zero-order valence-corrected chi connectivity index (χ0v) is 16.0. The number of nitrogens with one attached hydrogen (secondary N) is 1. The monoisotopic (exact) mass is 424 g/mol. The highest BCUT2D eigenvalue weighted by atomic mass is 79.9. The molecule has 3 rings (SSSR count). The lowest BCUT2D eigenvalue weighted by Crippen LogP contribution is -2.23. The van der Waals surface area contributed by atoms with Crippen molar-refractivity contribution in [3.8, 4) is 0 Å². The second-order valence-corrected chi connectivity index (χ2v) is 7.52. The Labute approximate surface area is 157 Å². The molecular weight excluding hydrogens is 408 g/mol. The third-order valence-electron chi connectivity index (χ3n) is 3.74. The van der Waals surface area contributed by atoms with Crippen LogP contribution in [-0.2, 0) is 16.1 Å². The van der Waals surface area contributed by atoms with Gasteiger partial charge in [-0.1, -0.05) is 27.7 Å². The Morgan fingerprint density at radius 1 is 1.44 bits per heavy atom. The number of likely N-dealkylation sites (tertiary alicyclic amines) is 1. The van der Waals surface area contributed by atoms with Crippen LogP contribution < -0.4 is 5.32 Å². The first-order valence-corrected chi connectivity index (χ1v) is 9.58. The summed E-state index contributed by atoms with van der Waals surface area (Å²) < 4.78 is 6.46. The molecule has 1 aromatic carbocycles. The van der Waals surface area contributed by atoms with Gasteiger partial charge < -0.3 is 14.6 Å². The molecule has 0 bridgehead atoms. The van der Waals surface area contributed by atoms with Crippen molar-refractivity contribution < 1.29 is 14.0 Å². The van der Waals surface area contributed by atoms with Crippen molar-refractivity contribution >= 4 is 45.2 Å². The summed E-state index contributed by atoms with van der Waals surface area (Å²) in [4.78, 5) is 25.4. The number of rotatable bonds is 6. The van der Waals surface area contributed by atoms with Crippen molar-refractivity contribution in [2.75, 3.05) is 17.6 Å². The molecule has 1 N–H and O–H groups in total. The van der Waals surface area contributed by atoms with Crippen LogP contribution in [0.3, 0.4) is 0 Å². The number of aromatic nitrogens is 2. The van der Waals surface area contributed by atoms with Crippen LogP contribution in [0.25, 0.3) is 0 Å². The van der Waals surface area contributed by atoms with Gasteiger partial charge in [-0.3, -0.25) is 9.59 Å². The van der Waals surface area contributed by atoms with E-state index in [2.05, 4.69) is 31.4 Å². The summed E-state index contributed by atoms with van der Waals surface area (Å²) in [6, 6.07) is 5.66. The number of aryl methyl sites for hydroxylation is 1. The first kappa shape index (κ1) is 17.9. The second-order valence-electron chi connectivity index (χ2n) is 5.68. The first-order chi connectivity index (χ1) is 12.0. The maximum Gasteiger partial charge on any atom is 0.277 e. The lowest BCUT2D eigenvalue weighted by molar-refractivity contribution is -0.128. The summed E-state index contributed by atoms with van der Waals surface area (Å²) in [6.07, 6.45) is 1.44. The van der Waals surface area contributed by atoms with E-state index in [1.165, 1.54) is 11.8 Å². The molecule has 132 valence electrons. The number of carbonyl (C=O) groups is 2. The van der Waals surface area contributed by atoms with E-state index >= 15 is 0 Å². The molecule has 0 radical (unpaired) electrons. The zero-order valence-electron chi connectivity index (χ0n) is 13.6. The van der Waals surface area contributed by atoms with Crippen molar-refractivity contribution in [3.63, 3.8) is 0 Å². The molecule has 2 amide bonds. The Morgan fingerprint density at radius 3 is 3.00 bits per heavy atom. The number of carbonyl (C=O) groups excluding carboxylic acids is 2. The number of nitrogens with zero attached hydrogens (tertiary/aromatic N) is 3. The van der Waals surface area contributed by atoms with Gasteiger partial charge in [0.05, 0.1) is 12.3 Å². The summed E-state index contributed by atoms with van der Waals surface area (Å²) in [7, 11) is 0. The highest BCUT2D eigenvalue weighted by molar-refractivity contribution is 9.10. The van der Waals surface area contributed by atoms with Gasteiger partial charge in [0, 0.05) is 23.1 Å². The summed E-state index contributed by atoms with van der Waals surface area (Å²) in [5.41, 5.74) is 1.75. The van der Waals surface area contributed by atoms with Crippen LogP contribution in [-0.4, -0.2) is 39.2 Å². The lowest BCUT2D eigenvalue weighted by atomic mass is 10.2. The van der Waals surface area contributed by atoms with Gasteiger partial charge in [0.1, 0.15) is 0 Å². The lowest BCUT2D eigenvalue weighted by Gasteiger charge is -2.11. The molecule has 25 heavy (non-hydrogen) atoms. The molecule has 1 aliphatic heterocycles. The minimum absolute atomic E-state index is 0.108. The van der Waals surface area contributed by atoms with Crippen LogP contribution in [0.4, 0.5) is 5.69 Å². The standard InChI is InChI=1S/C16H17BrN4O3S/c1-10-7-11(17)4-5-12(10)18-13(22)9-25-16-20-19-14(24-16)8-21-6-2-3-15(21)23/h4-5,7H,2-3,6,8-9H2,1H3,(H,18,22). The Bertz CT molecular complexity index is 795. The molecule has 0 unspecified atom stereocenters. The van der Waals surface area contributed by atoms with Crippen LogP contribution >= 0.6 is 27.7 Å². The fourth-order valence-electron chi connectivity index (χ4n) is 2.48. The van der Waals surface area contributed by atoms with Gasteiger partial charge in [0.15, 0.2) is 0 Å². The molecule has 1 aromatic heterocycles. The number of halogens is 1. The van der Waals surface area contributed by atoms with Crippen LogP contribution in [0.2, 0.25) is 0 Å². The van der Waals surface area contributed by atoms with Crippen LogP contribution in [0.1, 0.15) is 24.3 Å². The second kappa shape index (κ2) is 8.01. The Morgan fingerprint density at radius 2 is 2.28 bits per heavy atom. The molecule has 1 aliphatic rings. The summed E-state index contributed by atoms with van der Waals surface area (Å²) >= 11 is 4.56. The van der Waals surface area contributed by atoms with Gasteiger partial charge in [0.2, 0.25) is 17.7 Å². The highest BCUT2D eigenvalue weighted by Crippen LogP contribution is 2.22. The molecule has 2 heterocycles. The maximum atomic E-state index is 12.1. The molecule has 0 aliphatic carbocycles. The molecule has 1 saturated heterocycles. The fraction of sp³-hybridized carbons (Fsp3) is 0.375. The number of benzene rings is 1. The van der Waals surface area contributed by atoms with Gasteiger partial charge >= 0.3 is 0 Å². The predicted molar refractivity (Wildman–Crippen MR) is 97.2 cm³/mol. The average molecular weight is 425 g/mol. The Balaban J connectivity index is 1.50. The third kappa shape index (κ3) is 4.82. The summed E-state index contributed by atoms with van der Waals surface area (Å²) in [5.74, 6) is 0.517. The van der Waals surface area contributed by atoms with Gasteiger partial charge in [-0.05, 0) is 37.1 Å². The first-order valence-electron chi connectivity index (χ1n) is 7.80. The van der Waals surface area contributed by atoms with Gasteiger partial charge in [-0.15, -0.1) is 10.2 Å². The smallest absolute Gasteiger partial charge is 0.277 e. The number of thioether (sulfide) groups is 1. The van der Waals surface area contributed by atoms with Crippen molar-refractivity contribution in [3.05, 3.63) is 34.1 Å². The van der Waals surface area contributed by atoms with E-state index in [0.717, 1.165) is 28.7 Å². The van der Waals surface area contributed by atoms with Crippen LogP contribution in [0.15, 0.2) is 32.3 Å². The average Bonchev–Trinajstić information content (AvgIpc) is 3.18. The molecule has 0 spiro atoms. The SMILES string of the molecule is Cc1cc(Br)ccc1NC(=O)CSc1nnc(CN2CCCC2=O)o1. The van der Waals surface area contributed by atoms with E-state index in [9.17, 15) is 9.59 Å². The number of hydrogen-bond acceptors (Lipinski definition) is 6.